The third-order valence-electron chi connectivity index (χ3n) is 2.87. The van der Waals surface area contributed by atoms with E-state index < -0.39 is 16.6 Å². The first kappa shape index (κ1) is 14.4. The van der Waals surface area contributed by atoms with Crippen LogP contribution in [0.25, 0.3) is 0 Å². The minimum Gasteiger partial charge on any atom is -0.381 e. The number of hydrogen-bond acceptors (Lipinski definition) is 4. The lowest BCUT2D eigenvalue weighted by Crippen LogP contribution is -2.12. The number of carbonyl (C=O) groups excluding carboxylic acids is 1. The van der Waals surface area contributed by atoms with E-state index in [0.717, 1.165) is 6.07 Å². The molecule has 1 amide bonds. The Morgan fingerprint density at radius 2 is 2.05 bits per heavy atom. The van der Waals surface area contributed by atoms with E-state index in [0.29, 0.717) is 11.3 Å². The van der Waals surface area contributed by atoms with Crippen LogP contribution in [0, 0.1) is 15.9 Å². The highest BCUT2D eigenvalue weighted by atomic mass is 19.1. The molecule has 0 radical (unpaired) electrons. The summed E-state index contributed by atoms with van der Waals surface area (Å²) >= 11 is 0. The van der Waals surface area contributed by atoms with E-state index >= 15 is 0 Å². The molecule has 0 spiro atoms. The molecule has 7 heteroatoms. The molecule has 0 unspecified atom stereocenters. The van der Waals surface area contributed by atoms with Gasteiger partial charge in [0.25, 0.3) is 5.69 Å². The summed E-state index contributed by atoms with van der Waals surface area (Å²) in [7, 11) is 0. The summed E-state index contributed by atoms with van der Waals surface area (Å²) in [5, 5.41) is 13.9. The first-order valence-electron chi connectivity index (χ1n) is 6.04. The summed E-state index contributed by atoms with van der Waals surface area (Å²) < 4.78 is 13.0. The standard InChI is InChI=1S/C14H12FN3O3/c15-11-2-1-3-12(7-11)17-8-10-5-4-9(14(16)19)6-13(10)18(20)21/h1-7,17H,8H2,(H2,16,19). The highest BCUT2D eigenvalue weighted by molar-refractivity contribution is 5.93. The Kier molecular flexibility index (Phi) is 4.13. The molecule has 0 saturated heterocycles. The quantitative estimate of drug-likeness (QED) is 0.652. The van der Waals surface area contributed by atoms with E-state index in [1.165, 1.54) is 30.3 Å². The predicted octanol–water partition coefficient (Wildman–Crippen LogP) is 2.44. The normalized spacial score (nSPS) is 10.1. The molecule has 3 N–H and O–H groups in total. The van der Waals surface area contributed by atoms with Crippen molar-refractivity contribution in [3.8, 4) is 0 Å². The van der Waals surface area contributed by atoms with Crippen LogP contribution in [0.15, 0.2) is 42.5 Å². The van der Waals surface area contributed by atoms with Crippen LogP contribution in [-0.2, 0) is 6.54 Å². The molecule has 0 aliphatic heterocycles. The number of nitrogens with one attached hydrogen (secondary N) is 1. The lowest BCUT2D eigenvalue weighted by Gasteiger charge is -2.08. The smallest absolute Gasteiger partial charge is 0.275 e. The zero-order chi connectivity index (χ0) is 15.4. The van der Waals surface area contributed by atoms with E-state index in [1.54, 1.807) is 6.07 Å². The van der Waals surface area contributed by atoms with Crippen LogP contribution in [0.1, 0.15) is 15.9 Å². The van der Waals surface area contributed by atoms with E-state index in [9.17, 15) is 19.3 Å². The lowest BCUT2D eigenvalue weighted by atomic mass is 10.1. The molecule has 6 nitrogen and oxygen atoms in total. The third-order valence-corrected chi connectivity index (χ3v) is 2.87. The Balaban J connectivity index is 2.23. The molecular weight excluding hydrogens is 277 g/mol. The van der Waals surface area contributed by atoms with Gasteiger partial charge < -0.3 is 11.1 Å². The number of amides is 1. The van der Waals surface area contributed by atoms with E-state index in [2.05, 4.69) is 5.32 Å². The van der Waals surface area contributed by atoms with Crippen LogP contribution in [0.4, 0.5) is 15.8 Å². The maximum Gasteiger partial charge on any atom is 0.275 e. The number of nitro groups is 1. The van der Waals surface area contributed by atoms with Gasteiger partial charge in [0.2, 0.25) is 5.91 Å². The Hall–Kier alpha value is -2.96. The Morgan fingerprint density at radius 1 is 1.29 bits per heavy atom. The molecule has 21 heavy (non-hydrogen) atoms. The molecule has 2 rings (SSSR count). The van der Waals surface area contributed by atoms with Gasteiger partial charge in [0.05, 0.1) is 4.92 Å². The molecule has 0 aliphatic rings. The Bertz CT molecular complexity index is 704. The number of primary amides is 1. The van der Waals surface area contributed by atoms with Crippen molar-refractivity contribution in [2.24, 2.45) is 5.73 Å². The SMILES string of the molecule is NC(=O)c1ccc(CNc2cccc(F)c2)c([N+](=O)[O-])c1. The van der Waals surface area contributed by atoms with Crippen molar-refractivity contribution in [1.29, 1.82) is 0 Å². The van der Waals surface area contributed by atoms with Gasteiger partial charge in [-0.1, -0.05) is 6.07 Å². The van der Waals surface area contributed by atoms with Crippen molar-refractivity contribution in [3.05, 3.63) is 69.5 Å². The highest BCUT2D eigenvalue weighted by Crippen LogP contribution is 2.22. The maximum absolute atomic E-state index is 13.0. The van der Waals surface area contributed by atoms with Crippen molar-refractivity contribution in [2.75, 3.05) is 5.32 Å². The topological polar surface area (TPSA) is 98.3 Å². The molecule has 0 aliphatic carbocycles. The fourth-order valence-electron chi connectivity index (χ4n) is 1.83. The van der Waals surface area contributed by atoms with Crippen LogP contribution in [0.5, 0.6) is 0 Å². The zero-order valence-corrected chi connectivity index (χ0v) is 10.9. The van der Waals surface area contributed by atoms with E-state index in [-0.39, 0.29) is 17.8 Å². The number of anilines is 1. The summed E-state index contributed by atoms with van der Waals surface area (Å²) in [6.45, 7) is 0.124. The fraction of sp³-hybridized carbons (Fsp3) is 0.0714. The number of carbonyl (C=O) groups is 1. The molecule has 2 aromatic rings. The second-order valence-electron chi connectivity index (χ2n) is 4.33. The number of nitro benzene ring substituents is 1. The Labute approximate surface area is 119 Å². The molecule has 0 atom stereocenters. The van der Waals surface area contributed by atoms with Gasteiger partial charge in [-0.25, -0.2) is 4.39 Å². The van der Waals surface area contributed by atoms with Gasteiger partial charge in [0, 0.05) is 29.4 Å². The second-order valence-corrected chi connectivity index (χ2v) is 4.33. The number of rotatable bonds is 5. The highest BCUT2D eigenvalue weighted by Gasteiger charge is 2.16. The van der Waals surface area contributed by atoms with Crippen LogP contribution in [-0.4, -0.2) is 10.8 Å². The molecule has 0 fully saturated rings. The summed E-state index contributed by atoms with van der Waals surface area (Å²) in [5.74, 6) is -1.14. The summed E-state index contributed by atoms with van der Waals surface area (Å²) in [4.78, 5) is 21.5. The number of nitrogens with two attached hydrogens (primary N) is 1. The summed E-state index contributed by atoms with van der Waals surface area (Å²) in [6.07, 6.45) is 0. The number of hydrogen-bond donors (Lipinski definition) is 2. The largest absolute Gasteiger partial charge is 0.381 e. The fourth-order valence-corrected chi connectivity index (χ4v) is 1.83. The van der Waals surface area contributed by atoms with Crippen molar-refractivity contribution < 1.29 is 14.1 Å². The molecule has 0 aromatic heterocycles. The monoisotopic (exact) mass is 289 g/mol. The molecule has 2 aromatic carbocycles. The lowest BCUT2D eigenvalue weighted by molar-refractivity contribution is -0.385. The number of nitrogens with zero attached hydrogens (tertiary/aromatic N) is 1. The van der Waals surface area contributed by atoms with E-state index in [4.69, 9.17) is 5.73 Å². The first-order valence-corrected chi connectivity index (χ1v) is 6.04. The number of benzene rings is 2. The van der Waals surface area contributed by atoms with Crippen molar-refractivity contribution in [1.82, 2.24) is 0 Å². The molecule has 108 valence electrons. The molecular formula is C14H12FN3O3. The number of halogens is 1. The molecule has 0 saturated carbocycles. The van der Waals surface area contributed by atoms with Crippen LogP contribution in [0.2, 0.25) is 0 Å². The van der Waals surface area contributed by atoms with Crippen LogP contribution in [0.3, 0.4) is 0 Å². The van der Waals surface area contributed by atoms with Crippen LogP contribution >= 0.6 is 0 Å². The van der Waals surface area contributed by atoms with Gasteiger partial charge in [0.1, 0.15) is 5.82 Å². The summed E-state index contributed by atoms with van der Waals surface area (Å²) in [5.41, 5.74) is 5.82. The molecule has 0 bridgehead atoms. The van der Waals surface area contributed by atoms with Gasteiger partial charge in [-0.3, -0.25) is 14.9 Å². The Morgan fingerprint density at radius 3 is 2.67 bits per heavy atom. The summed E-state index contributed by atoms with van der Waals surface area (Å²) in [6, 6.07) is 9.75. The molecule has 0 heterocycles. The van der Waals surface area contributed by atoms with Gasteiger partial charge in [-0.15, -0.1) is 0 Å². The second kappa shape index (κ2) is 6.00. The zero-order valence-electron chi connectivity index (χ0n) is 10.9. The first-order chi connectivity index (χ1) is 9.97. The van der Waals surface area contributed by atoms with Crippen molar-refractivity contribution in [3.63, 3.8) is 0 Å². The van der Waals surface area contributed by atoms with Crippen LogP contribution < -0.4 is 11.1 Å². The van der Waals surface area contributed by atoms with Gasteiger partial charge in [-0.2, -0.15) is 0 Å². The third kappa shape index (κ3) is 3.53. The average Bonchev–Trinajstić information content (AvgIpc) is 2.44. The predicted molar refractivity (Wildman–Crippen MR) is 75.3 cm³/mol. The minimum absolute atomic E-state index is 0.0659. The van der Waals surface area contributed by atoms with Gasteiger partial charge in [0.15, 0.2) is 0 Å². The van der Waals surface area contributed by atoms with Crippen molar-refractivity contribution >= 4 is 17.3 Å². The minimum atomic E-state index is -0.734. The van der Waals surface area contributed by atoms with E-state index in [1.807, 2.05) is 0 Å². The van der Waals surface area contributed by atoms with Crippen molar-refractivity contribution in [2.45, 2.75) is 6.54 Å². The average molecular weight is 289 g/mol. The maximum atomic E-state index is 13.0. The van der Waals surface area contributed by atoms with Gasteiger partial charge in [-0.05, 0) is 30.3 Å². The van der Waals surface area contributed by atoms with Gasteiger partial charge >= 0.3 is 0 Å².